The SMILES string of the molecule is Cc1cc(Br)ccc1Nc1ccc(C#N)c(Br)c1. The summed E-state index contributed by atoms with van der Waals surface area (Å²) in [6.07, 6.45) is 0. The zero-order valence-electron chi connectivity index (χ0n) is 9.67. The van der Waals surface area contributed by atoms with Crippen molar-refractivity contribution in [3.63, 3.8) is 0 Å². The maximum atomic E-state index is 8.87. The third kappa shape index (κ3) is 2.92. The number of nitrogens with one attached hydrogen (secondary N) is 1. The first-order valence-electron chi connectivity index (χ1n) is 5.33. The molecule has 0 radical (unpaired) electrons. The van der Waals surface area contributed by atoms with E-state index in [1.54, 1.807) is 6.07 Å². The van der Waals surface area contributed by atoms with E-state index in [4.69, 9.17) is 5.26 Å². The summed E-state index contributed by atoms with van der Waals surface area (Å²) in [6.45, 7) is 2.05. The average Bonchev–Trinajstić information content (AvgIpc) is 2.33. The Morgan fingerprint density at radius 3 is 2.50 bits per heavy atom. The number of benzene rings is 2. The Hall–Kier alpha value is -1.31. The van der Waals surface area contributed by atoms with E-state index >= 15 is 0 Å². The predicted octanol–water partition coefficient (Wildman–Crippen LogP) is 5.14. The molecule has 0 aliphatic heterocycles. The number of hydrogen-bond donors (Lipinski definition) is 1. The molecule has 1 N–H and O–H groups in total. The van der Waals surface area contributed by atoms with E-state index < -0.39 is 0 Å². The van der Waals surface area contributed by atoms with Crippen LogP contribution >= 0.6 is 31.9 Å². The van der Waals surface area contributed by atoms with Gasteiger partial charge in [-0.25, -0.2) is 0 Å². The summed E-state index contributed by atoms with van der Waals surface area (Å²) in [5.74, 6) is 0. The van der Waals surface area contributed by atoms with Gasteiger partial charge in [-0.05, 0) is 64.8 Å². The number of halogens is 2. The number of rotatable bonds is 2. The number of aryl methyl sites for hydroxylation is 1. The lowest BCUT2D eigenvalue weighted by Crippen LogP contribution is -1.93. The Labute approximate surface area is 123 Å². The third-order valence-electron chi connectivity index (χ3n) is 2.56. The molecule has 2 rings (SSSR count). The van der Waals surface area contributed by atoms with Gasteiger partial charge in [0.2, 0.25) is 0 Å². The van der Waals surface area contributed by atoms with Crippen molar-refractivity contribution < 1.29 is 0 Å². The first kappa shape index (κ1) is 13.1. The molecule has 0 fully saturated rings. The quantitative estimate of drug-likeness (QED) is 0.800. The molecule has 0 aromatic heterocycles. The van der Waals surface area contributed by atoms with Crippen LogP contribution in [0.15, 0.2) is 45.3 Å². The highest BCUT2D eigenvalue weighted by Crippen LogP contribution is 2.26. The van der Waals surface area contributed by atoms with Crippen LogP contribution in [0.3, 0.4) is 0 Å². The summed E-state index contributed by atoms with van der Waals surface area (Å²) < 4.78 is 1.86. The predicted molar refractivity (Wildman–Crippen MR) is 81.0 cm³/mol. The van der Waals surface area contributed by atoms with E-state index in [1.807, 2.05) is 31.2 Å². The fraction of sp³-hybridized carbons (Fsp3) is 0.0714. The molecule has 0 saturated heterocycles. The van der Waals surface area contributed by atoms with Gasteiger partial charge in [-0.1, -0.05) is 15.9 Å². The average molecular weight is 366 g/mol. The van der Waals surface area contributed by atoms with E-state index in [9.17, 15) is 0 Å². The van der Waals surface area contributed by atoms with Gasteiger partial charge in [-0.3, -0.25) is 0 Å². The summed E-state index contributed by atoms with van der Waals surface area (Å²) in [5.41, 5.74) is 3.79. The van der Waals surface area contributed by atoms with Gasteiger partial charge in [0.15, 0.2) is 0 Å². The van der Waals surface area contributed by atoms with Crippen LogP contribution in [-0.4, -0.2) is 0 Å². The smallest absolute Gasteiger partial charge is 0.100 e. The Morgan fingerprint density at radius 1 is 1.11 bits per heavy atom. The fourth-order valence-corrected chi connectivity index (χ4v) is 2.55. The molecule has 0 atom stereocenters. The lowest BCUT2D eigenvalue weighted by molar-refractivity contribution is 1.40. The van der Waals surface area contributed by atoms with E-state index in [-0.39, 0.29) is 0 Å². The molecular formula is C14H10Br2N2. The van der Waals surface area contributed by atoms with Gasteiger partial charge >= 0.3 is 0 Å². The van der Waals surface area contributed by atoms with Gasteiger partial charge in [0.25, 0.3) is 0 Å². The molecule has 4 heteroatoms. The maximum Gasteiger partial charge on any atom is 0.100 e. The molecule has 2 aromatic rings. The first-order valence-corrected chi connectivity index (χ1v) is 6.91. The molecule has 0 aliphatic rings. The molecule has 0 amide bonds. The lowest BCUT2D eigenvalue weighted by Gasteiger charge is -2.10. The normalized spacial score (nSPS) is 9.89. The molecule has 0 unspecified atom stereocenters. The van der Waals surface area contributed by atoms with E-state index in [0.717, 1.165) is 25.9 Å². The monoisotopic (exact) mass is 364 g/mol. The molecule has 2 nitrogen and oxygen atoms in total. The van der Waals surface area contributed by atoms with E-state index in [0.29, 0.717) is 5.56 Å². The van der Waals surface area contributed by atoms with Crippen molar-refractivity contribution >= 4 is 43.2 Å². The van der Waals surface area contributed by atoms with Crippen LogP contribution in [0.2, 0.25) is 0 Å². The van der Waals surface area contributed by atoms with Crippen molar-refractivity contribution in [2.24, 2.45) is 0 Å². The number of nitriles is 1. The fourth-order valence-electron chi connectivity index (χ4n) is 1.61. The summed E-state index contributed by atoms with van der Waals surface area (Å²) >= 11 is 6.82. The first-order chi connectivity index (χ1) is 8.60. The molecule has 0 spiro atoms. The van der Waals surface area contributed by atoms with Crippen molar-refractivity contribution in [2.75, 3.05) is 5.32 Å². The summed E-state index contributed by atoms with van der Waals surface area (Å²) in [4.78, 5) is 0. The van der Waals surface area contributed by atoms with Gasteiger partial charge in [0.05, 0.1) is 5.56 Å². The largest absolute Gasteiger partial charge is 0.355 e. The van der Waals surface area contributed by atoms with Crippen molar-refractivity contribution in [2.45, 2.75) is 6.92 Å². The molecule has 18 heavy (non-hydrogen) atoms. The molecule has 0 heterocycles. The van der Waals surface area contributed by atoms with Crippen LogP contribution in [-0.2, 0) is 0 Å². The Balaban J connectivity index is 2.29. The topological polar surface area (TPSA) is 35.8 Å². The standard InChI is InChI=1S/C14H10Br2N2/c1-9-6-11(15)3-5-14(9)18-12-4-2-10(8-17)13(16)7-12/h2-7,18H,1H3. The Bertz CT molecular complexity index is 630. The van der Waals surface area contributed by atoms with Crippen LogP contribution in [0.4, 0.5) is 11.4 Å². The Kier molecular flexibility index (Phi) is 4.05. The van der Waals surface area contributed by atoms with Gasteiger partial charge in [-0.2, -0.15) is 5.26 Å². The number of nitrogens with zero attached hydrogens (tertiary/aromatic N) is 1. The van der Waals surface area contributed by atoms with E-state index in [2.05, 4.69) is 49.3 Å². The highest BCUT2D eigenvalue weighted by atomic mass is 79.9. The van der Waals surface area contributed by atoms with Crippen LogP contribution in [0.25, 0.3) is 0 Å². The highest BCUT2D eigenvalue weighted by molar-refractivity contribution is 9.10. The summed E-state index contributed by atoms with van der Waals surface area (Å²) in [7, 11) is 0. The summed E-state index contributed by atoms with van der Waals surface area (Å²) in [6, 6.07) is 13.8. The molecule has 0 aliphatic carbocycles. The van der Waals surface area contributed by atoms with Crippen molar-refractivity contribution in [1.82, 2.24) is 0 Å². The van der Waals surface area contributed by atoms with Crippen molar-refractivity contribution in [3.8, 4) is 6.07 Å². The molecule has 0 saturated carbocycles. The summed E-state index contributed by atoms with van der Waals surface area (Å²) in [5, 5.41) is 12.2. The minimum absolute atomic E-state index is 0.632. The number of hydrogen-bond acceptors (Lipinski definition) is 2. The maximum absolute atomic E-state index is 8.87. The number of anilines is 2. The van der Waals surface area contributed by atoms with Crippen LogP contribution in [0, 0.1) is 18.3 Å². The minimum atomic E-state index is 0.632. The van der Waals surface area contributed by atoms with Gasteiger partial charge in [0.1, 0.15) is 6.07 Å². The minimum Gasteiger partial charge on any atom is -0.355 e. The molecule has 0 bridgehead atoms. The van der Waals surface area contributed by atoms with Gasteiger partial charge in [-0.15, -0.1) is 0 Å². The molecule has 2 aromatic carbocycles. The Morgan fingerprint density at radius 2 is 1.89 bits per heavy atom. The van der Waals surface area contributed by atoms with Crippen LogP contribution in [0.1, 0.15) is 11.1 Å². The lowest BCUT2D eigenvalue weighted by atomic mass is 10.2. The van der Waals surface area contributed by atoms with Crippen molar-refractivity contribution in [1.29, 1.82) is 5.26 Å². The molecule has 90 valence electrons. The highest BCUT2D eigenvalue weighted by Gasteiger charge is 2.03. The zero-order chi connectivity index (χ0) is 13.1. The van der Waals surface area contributed by atoms with Crippen LogP contribution in [0.5, 0.6) is 0 Å². The van der Waals surface area contributed by atoms with Gasteiger partial charge < -0.3 is 5.32 Å². The second-order valence-electron chi connectivity index (χ2n) is 3.89. The third-order valence-corrected chi connectivity index (χ3v) is 3.71. The van der Waals surface area contributed by atoms with Crippen molar-refractivity contribution in [3.05, 3.63) is 56.5 Å². The second kappa shape index (κ2) is 5.55. The van der Waals surface area contributed by atoms with Gasteiger partial charge in [0, 0.05) is 20.3 Å². The zero-order valence-corrected chi connectivity index (χ0v) is 12.8. The molecular weight excluding hydrogens is 356 g/mol. The van der Waals surface area contributed by atoms with Crippen LogP contribution < -0.4 is 5.32 Å². The second-order valence-corrected chi connectivity index (χ2v) is 5.66. The van der Waals surface area contributed by atoms with E-state index in [1.165, 1.54) is 0 Å².